The Morgan fingerprint density at radius 1 is 1.03 bits per heavy atom. The molecule has 0 saturated heterocycles. The Kier molecular flexibility index (Phi) is 6.40. The first-order valence-corrected chi connectivity index (χ1v) is 10.5. The number of sulfone groups is 1. The van der Waals surface area contributed by atoms with Gasteiger partial charge in [0.2, 0.25) is 0 Å². The molecule has 3 rings (SSSR count). The molecule has 0 saturated carbocycles. The van der Waals surface area contributed by atoms with Gasteiger partial charge in [-0.1, -0.05) is 30.3 Å². The number of hydrogen-bond acceptors (Lipinski definition) is 5. The highest BCUT2D eigenvalue weighted by molar-refractivity contribution is 7.91. The predicted molar refractivity (Wildman–Crippen MR) is 110 cm³/mol. The van der Waals surface area contributed by atoms with Gasteiger partial charge in [-0.25, -0.2) is 23.0 Å². The van der Waals surface area contributed by atoms with E-state index in [-0.39, 0.29) is 22.9 Å². The molecular weight excluding hydrogens is 392 g/mol. The van der Waals surface area contributed by atoms with Gasteiger partial charge in [-0.15, -0.1) is 0 Å². The molecule has 0 unspecified atom stereocenters. The van der Waals surface area contributed by atoms with Gasteiger partial charge >= 0.3 is 11.7 Å². The van der Waals surface area contributed by atoms with E-state index in [0.717, 1.165) is 5.56 Å². The molecule has 8 nitrogen and oxygen atoms in total. The van der Waals surface area contributed by atoms with Gasteiger partial charge in [-0.2, -0.15) is 0 Å². The zero-order valence-corrected chi connectivity index (χ0v) is 16.3. The minimum Gasteiger partial charge on any atom is -0.337 e. The van der Waals surface area contributed by atoms with Crippen molar-refractivity contribution in [3.05, 3.63) is 89.1 Å². The third-order valence-electron chi connectivity index (χ3n) is 4.08. The van der Waals surface area contributed by atoms with E-state index in [4.69, 9.17) is 0 Å². The number of nitrogens with zero attached hydrogens (tertiary/aromatic N) is 2. The van der Waals surface area contributed by atoms with Gasteiger partial charge in [-0.05, 0) is 35.9 Å². The lowest BCUT2D eigenvalue weighted by atomic mass is 10.2. The summed E-state index contributed by atoms with van der Waals surface area (Å²) in [6.07, 6.45) is 3.06. The van der Waals surface area contributed by atoms with E-state index in [1.807, 2.05) is 6.07 Å². The summed E-state index contributed by atoms with van der Waals surface area (Å²) in [5, 5.41) is 5.20. The van der Waals surface area contributed by atoms with Gasteiger partial charge in [0.1, 0.15) is 0 Å². The normalized spacial score (nSPS) is 11.0. The Morgan fingerprint density at radius 2 is 1.83 bits per heavy atom. The summed E-state index contributed by atoms with van der Waals surface area (Å²) in [7, 11) is -3.45. The highest BCUT2D eigenvalue weighted by Crippen LogP contribution is 2.12. The van der Waals surface area contributed by atoms with Gasteiger partial charge in [0, 0.05) is 24.6 Å². The quantitative estimate of drug-likeness (QED) is 0.616. The summed E-state index contributed by atoms with van der Waals surface area (Å²) >= 11 is 0. The zero-order valence-electron chi connectivity index (χ0n) is 15.5. The molecule has 29 heavy (non-hydrogen) atoms. The highest BCUT2D eigenvalue weighted by atomic mass is 32.2. The van der Waals surface area contributed by atoms with Crippen LogP contribution < -0.4 is 16.3 Å². The van der Waals surface area contributed by atoms with Crippen LogP contribution in [0.3, 0.4) is 0 Å². The van der Waals surface area contributed by atoms with Crippen molar-refractivity contribution < 1.29 is 13.2 Å². The van der Waals surface area contributed by atoms with E-state index in [2.05, 4.69) is 15.6 Å². The van der Waals surface area contributed by atoms with Crippen molar-refractivity contribution in [2.24, 2.45) is 0 Å². The summed E-state index contributed by atoms with van der Waals surface area (Å²) in [6, 6.07) is 16.3. The van der Waals surface area contributed by atoms with Crippen molar-refractivity contribution in [2.75, 3.05) is 17.6 Å². The van der Waals surface area contributed by atoms with E-state index in [0.29, 0.717) is 12.2 Å². The molecule has 0 aliphatic heterocycles. The average molecular weight is 412 g/mol. The highest BCUT2D eigenvalue weighted by Gasteiger charge is 2.14. The van der Waals surface area contributed by atoms with Crippen molar-refractivity contribution in [1.82, 2.24) is 14.9 Å². The Bertz CT molecular complexity index is 1140. The number of aromatic nitrogens is 2. The molecule has 2 aromatic carbocycles. The molecule has 0 fully saturated rings. The first-order valence-electron chi connectivity index (χ1n) is 8.87. The number of anilines is 1. The molecule has 1 aromatic heterocycles. The van der Waals surface area contributed by atoms with E-state index in [1.165, 1.54) is 22.9 Å². The van der Waals surface area contributed by atoms with Crippen LogP contribution in [0.5, 0.6) is 0 Å². The first-order chi connectivity index (χ1) is 13.9. The minimum absolute atomic E-state index is 0.0200. The second-order valence-electron chi connectivity index (χ2n) is 6.24. The van der Waals surface area contributed by atoms with E-state index in [9.17, 15) is 18.0 Å². The van der Waals surface area contributed by atoms with E-state index >= 15 is 0 Å². The lowest BCUT2D eigenvalue weighted by Gasteiger charge is -2.10. The average Bonchev–Trinajstić information content (AvgIpc) is 2.70. The minimum atomic E-state index is -3.45. The fraction of sp³-hybridized carbons (Fsp3) is 0.150. The molecule has 0 atom stereocenters. The number of benzene rings is 2. The summed E-state index contributed by atoms with van der Waals surface area (Å²) in [6.45, 7) is 0.299. The SMILES string of the molecule is O=C(NCCS(=O)(=O)c1ccccc1)Nc1cccc(Cn2cccnc2=O)c1. The second kappa shape index (κ2) is 9.16. The molecule has 0 bridgehead atoms. The monoisotopic (exact) mass is 412 g/mol. The Hall–Kier alpha value is -3.46. The van der Waals surface area contributed by atoms with Gasteiger partial charge in [-0.3, -0.25) is 4.57 Å². The summed E-state index contributed by atoms with van der Waals surface area (Å²) in [5.74, 6) is -0.200. The third kappa shape index (κ3) is 5.76. The number of rotatable bonds is 7. The van der Waals surface area contributed by atoms with Crippen molar-refractivity contribution in [3.63, 3.8) is 0 Å². The molecule has 3 aromatic rings. The number of hydrogen-bond donors (Lipinski definition) is 2. The van der Waals surface area contributed by atoms with Crippen molar-refractivity contribution >= 4 is 21.6 Å². The lowest BCUT2D eigenvalue weighted by molar-refractivity contribution is 0.252. The lowest BCUT2D eigenvalue weighted by Crippen LogP contribution is -2.32. The van der Waals surface area contributed by atoms with Crippen LogP contribution in [-0.4, -0.2) is 36.3 Å². The predicted octanol–water partition coefficient (Wildman–Crippen LogP) is 1.89. The molecule has 0 spiro atoms. The number of urea groups is 1. The second-order valence-corrected chi connectivity index (χ2v) is 8.35. The van der Waals surface area contributed by atoms with Gasteiger partial charge in [0.25, 0.3) is 0 Å². The maximum Gasteiger partial charge on any atom is 0.347 e. The Labute approximate surface area is 168 Å². The molecule has 2 N–H and O–H groups in total. The fourth-order valence-corrected chi connectivity index (χ4v) is 3.85. The van der Waals surface area contributed by atoms with Crippen LogP contribution in [-0.2, 0) is 16.4 Å². The van der Waals surface area contributed by atoms with E-state index < -0.39 is 15.9 Å². The molecule has 0 radical (unpaired) electrons. The largest absolute Gasteiger partial charge is 0.347 e. The van der Waals surface area contributed by atoms with Gasteiger partial charge in [0.05, 0.1) is 17.2 Å². The Balaban J connectivity index is 1.54. The van der Waals surface area contributed by atoms with Crippen LogP contribution in [0.25, 0.3) is 0 Å². The van der Waals surface area contributed by atoms with Crippen LogP contribution in [0, 0.1) is 0 Å². The van der Waals surface area contributed by atoms with E-state index in [1.54, 1.807) is 48.7 Å². The number of carbonyl (C=O) groups excluding carboxylic acids is 1. The third-order valence-corrected chi connectivity index (χ3v) is 5.81. The summed E-state index contributed by atoms with van der Waals surface area (Å²) < 4.78 is 25.9. The number of amides is 2. The fourth-order valence-electron chi connectivity index (χ4n) is 2.67. The van der Waals surface area contributed by atoms with Gasteiger partial charge in [0.15, 0.2) is 9.84 Å². The molecule has 9 heteroatoms. The standard InChI is InChI=1S/C20H20N4O4S/c25-19(21-11-13-29(27,28)18-8-2-1-3-9-18)23-17-7-4-6-16(14-17)15-24-12-5-10-22-20(24)26/h1-10,12,14H,11,13,15H2,(H2,21,23,25). The smallest absolute Gasteiger partial charge is 0.337 e. The Morgan fingerprint density at radius 3 is 2.59 bits per heavy atom. The molecule has 0 aliphatic rings. The molecule has 2 amide bonds. The summed E-state index contributed by atoms with van der Waals surface area (Å²) in [5.41, 5.74) is 0.982. The van der Waals surface area contributed by atoms with Crippen LogP contribution in [0.2, 0.25) is 0 Å². The molecule has 0 aliphatic carbocycles. The van der Waals surface area contributed by atoms with Crippen LogP contribution in [0.15, 0.2) is 82.7 Å². The topological polar surface area (TPSA) is 110 Å². The molecular formula is C20H20N4O4S. The number of nitrogens with one attached hydrogen (secondary N) is 2. The maximum absolute atomic E-state index is 12.2. The van der Waals surface area contributed by atoms with Crippen molar-refractivity contribution in [3.8, 4) is 0 Å². The number of carbonyl (C=O) groups is 1. The molecule has 1 heterocycles. The van der Waals surface area contributed by atoms with Crippen LogP contribution >= 0.6 is 0 Å². The summed E-state index contributed by atoms with van der Waals surface area (Å²) in [4.78, 5) is 27.7. The van der Waals surface area contributed by atoms with Gasteiger partial charge < -0.3 is 10.6 Å². The van der Waals surface area contributed by atoms with Crippen LogP contribution in [0.1, 0.15) is 5.56 Å². The van der Waals surface area contributed by atoms with Crippen molar-refractivity contribution in [1.29, 1.82) is 0 Å². The first kappa shape index (κ1) is 20.3. The molecule has 150 valence electrons. The zero-order chi connectivity index (χ0) is 20.7. The van der Waals surface area contributed by atoms with Crippen molar-refractivity contribution in [2.45, 2.75) is 11.4 Å². The maximum atomic E-state index is 12.2. The van der Waals surface area contributed by atoms with Crippen LogP contribution in [0.4, 0.5) is 10.5 Å².